The molecule has 3 N–H and O–H groups in total. The van der Waals surface area contributed by atoms with Gasteiger partial charge in [-0.15, -0.1) is 0 Å². The van der Waals surface area contributed by atoms with Gasteiger partial charge < -0.3 is 15.5 Å². The molecule has 1 atom stereocenters. The molecule has 0 saturated carbocycles. The van der Waals surface area contributed by atoms with E-state index < -0.39 is 0 Å². The maximum Gasteiger partial charge on any atom is 0.275 e. The monoisotopic (exact) mass is 298 g/mol. The first-order valence-electron chi connectivity index (χ1n) is 6.60. The predicted molar refractivity (Wildman–Crippen MR) is 78.6 cm³/mol. The van der Waals surface area contributed by atoms with Gasteiger partial charge in [-0.2, -0.15) is 0 Å². The van der Waals surface area contributed by atoms with Crippen LogP contribution in [0.25, 0.3) is 0 Å². The third-order valence-electron chi connectivity index (χ3n) is 2.70. The molecule has 20 heavy (non-hydrogen) atoms. The average Bonchev–Trinajstić information content (AvgIpc) is 2.39. The van der Waals surface area contributed by atoms with Crippen molar-refractivity contribution in [1.29, 1.82) is 0 Å². The lowest BCUT2D eigenvalue weighted by atomic mass is 10.2. The molecule has 0 heterocycles. The summed E-state index contributed by atoms with van der Waals surface area (Å²) in [5, 5.41) is 5.93. The minimum atomic E-state index is -0.170. The quantitative estimate of drug-likeness (QED) is 0.642. The van der Waals surface area contributed by atoms with Gasteiger partial charge in [0.2, 0.25) is 5.91 Å². The van der Waals surface area contributed by atoms with E-state index in [0.717, 1.165) is 17.0 Å². The van der Waals surface area contributed by atoms with Crippen molar-refractivity contribution in [2.75, 3.05) is 26.7 Å². The van der Waals surface area contributed by atoms with E-state index in [0.29, 0.717) is 18.1 Å². The van der Waals surface area contributed by atoms with Crippen molar-refractivity contribution in [1.82, 2.24) is 10.6 Å². The van der Waals surface area contributed by atoms with Gasteiger partial charge in [-0.1, -0.05) is 23.7 Å². The standard InChI is InChI=1S/C14H20ClN3O2/c1-3-16-13(19)8-17-14(20)10-18(2)9-11-4-6-12(15)7-5-11/h4-7H,3,8-10H2,1-2H3,(H,16,19)(H,17,20)/p+1. The first kappa shape index (κ1) is 16.5. The highest BCUT2D eigenvalue weighted by Gasteiger charge is 2.11. The zero-order valence-corrected chi connectivity index (χ0v) is 12.6. The molecule has 0 aliphatic carbocycles. The molecular weight excluding hydrogens is 278 g/mol. The van der Waals surface area contributed by atoms with Crippen LogP contribution in [0.2, 0.25) is 5.02 Å². The van der Waals surface area contributed by atoms with Crippen LogP contribution in [-0.4, -0.2) is 38.5 Å². The van der Waals surface area contributed by atoms with E-state index in [2.05, 4.69) is 10.6 Å². The number of quaternary nitrogens is 1. The van der Waals surface area contributed by atoms with E-state index in [9.17, 15) is 9.59 Å². The van der Waals surface area contributed by atoms with Crippen LogP contribution in [0, 0.1) is 0 Å². The molecule has 110 valence electrons. The molecule has 1 aromatic rings. The smallest absolute Gasteiger partial charge is 0.275 e. The Labute approximate surface area is 124 Å². The maximum atomic E-state index is 11.7. The fourth-order valence-electron chi connectivity index (χ4n) is 1.79. The molecule has 0 aromatic heterocycles. The van der Waals surface area contributed by atoms with Crippen molar-refractivity contribution in [3.8, 4) is 0 Å². The van der Waals surface area contributed by atoms with E-state index in [1.807, 2.05) is 38.2 Å². The minimum absolute atomic E-state index is 0.0287. The second-order valence-electron chi connectivity index (χ2n) is 4.67. The molecule has 1 rings (SSSR count). The van der Waals surface area contributed by atoms with Crippen LogP contribution in [0.1, 0.15) is 12.5 Å². The van der Waals surface area contributed by atoms with Crippen LogP contribution in [0.15, 0.2) is 24.3 Å². The molecular formula is C14H21ClN3O2+. The lowest BCUT2D eigenvalue weighted by Crippen LogP contribution is -3.08. The summed E-state index contributed by atoms with van der Waals surface area (Å²) in [5.41, 5.74) is 1.11. The van der Waals surface area contributed by atoms with Crippen molar-refractivity contribution < 1.29 is 14.5 Å². The van der Waals surface area contributed by atoms with Crippen molar-refractivity contribution in [3.63, 3.8) is 0 Å². The Morgan fingerprint density at radius 1 is 1.15 bits per heavy atom. The number of amides is 2. The maximum absolute atomic E-state index is 11.7. The number of likely N-dealkylation sites (N-methyl/N-ethyl adjacent to an activating group) is 2. The molecule has 0 aliphatic rings. The summed E-state index contributed by atoms with van der Waals surface area (Å²) < 4.78 is 0. The fourth-order valence-corrected chi connectivity index (χ4v) is 1.91. The Kier molecular flexibility index (Phi) is 7.04. The van der Waals surface area contributed by atoms with Gasteiger partial charge in [0.15, 0.2) is 6.54 Å². The fraction of sp³-hybridized carbons (Fsp3) is 0.429. The summed E-state index contributed by atoms with van der Waals surface area (Å²) >= 11 is 5.82. The van der Waals surface area contributed by atoms with Crippen LogP contribution < -0.4 is 15.5 Å². The first-order valence-corrected chi connectivity index (χ1v) is 6.98. The Balaban J connectivity index is 2.30. The van der Waals surface area contributed by atoms with E-state index in [1.165, 1.54) is 0 Å². The van der Waals surface area contributed by atoms with Crippen molar-refractivity contribution >= 4 is 23.4 Å². The summed E-state index contributed by atoms with van der Waals surface area (Å²) in [4.78, 5) is 23.9. The molecule has 1 aromatic carbocycles. The van der Waals surface area contributed by atoms with Gasteiger partial charge in [0.1, 0.15) is 6.54 Å². The lowest BCUT2D eigenvalue weighted by molar-refractivity contribution is -0.885. The lowest BCUT2D eigenvalue weighted by Gasteiger charge is -2.13. The molecule has 0 spiro atoms. The number of carbonyl (C=O) groups is 2. The summed E-state index contributed by atoms with van der Waals surface area (Å²) in [6, 6.07) is 7.55. The summed E-state index contributed by atoms with van der Waals surface area (Å²) in [6.07, 6.45) is 0. The van der Waals surface area contributed by atoms with Gasteiger partial charge in [-0.3, -0.25) is 9.59 Å². The number of nitrogens with one attached hydrogen (secondary N) is 3. The van der Waals surface area contributed by atoms with Crippen LogP contribution in [-0.2, 0) is 16.1 Å². The van der Waals surface area contributed by atoms with Crippen molar-refractivity contribution in [3.05, 3.63) is 34.9 Å². The Bertz CT molecular complexity index is 448. The number of carbonyl (C=O) groups excluding carboxylic acids is 2. The molecule has 0 saturated heterocycles. The molecule has 6 heteroatoms. The zero-order valence-electron chi connectivity index (χ0n) is 11.8. The number of hydrogen-bond acceptors (Lipinski definition) is 2. The first-order chi connectivity index (χ1) is 9.51. The third kappa shape index (κ3) is 6.54. The van der Waals surface area contributed by atoms with Crippen molar-refractivity contribution in [2.45, 2.75) is 13.5 Å². The number of halogens is 1. The number of rotatable bonds is 7. The molecule has 2 amide bonds. The largest absolute Gasteiger partial charge is 0.355 e. The van der Waals surface area contributed by atoms with Crippen LogP contribution >= 0.6 is 11.6 Å². The highest BCUT2D eigenvalue weighted by atomic mass is 35.5. The van der Waals surface area contributed by atoms with Crippen LogP contribution in [0.5, 0.6) is 0 Å². The third-order valence-corrected chi connectivity index (χ3v) is 2.95. The van der Waals surface area contributed by atoms with Crippen LogP contribution in [0.4, 0.5) is 0 Å². The van der Waals surface area contributed by atoms with Gasteiger partial charge in [0.25, 0.3) is 5.91 Å². The molecule has 5 nitrogen and oxygen atoms in total. The highest BCUT2D eigenvalue weighted by Crippen LogP contribution is 2.08. The second-order valence-corrected chi connectivity index (χ2v) is 5.10. The van der Waals surface area contributed by atoms with Gasteiger partial charge in [-0.05, 0) is 19.1 Å². The SMILES string of the molecule is CCNC(=O)CNC(=O)C[NH+](C)Cc1ccc(Cl)cc1. The van der Waals surface area contributed by atoms with Gasteiger partial charge >= 0.3 is 0 Å². The zero-order chi connectivity index (χ0) is 15.0. The average molecular weight is 299 g/mol. The van der Waals surface area contributed by atoms with Gasteiger partial charge in [-0.25, -0.2) is 0 Å². The van der Waals surface area contributed by atoms with Crippen molar-refractivity contribution in [2.24, 2.45) is 0 Å². The number of hydrogen-bond donors (Lipinski definition) is 3. The van der Waals surface area contributed by atoms with E-state index >= 15 is 0 Å². The molecule has 0 fully saturated rings. The summed E-state index contributed by atoms with van der Waals surface area (Å²) in [6.45, 7) is 3.48. The Morgan fingerprint density at radius 2 is 1.80 bits per heavy atom. The normalized spacial score (nSPS) is 11.8. The predicted octanol–water partition coefficient (Wildman–Crippen LogP) is -0.393. The summed E-state index contributed by atoms with van der Waals surface area (Å²) in [5.74, 6) is -0.307. The minimum Gasteiger partial charge on any atom is -0.355 e. The van der Waals surface area contributed by atoms with E-state index in [1.54, 1.807) is 0 Å². The molecule has 0 radical (unpaired) electrons. The highest BCUT2D eigenvalue weighted by molar-refractivity contribution is 6.30. The molecule has 1 unspecified atom stereocenters. The summed E-state index contributed by atoms with van der Waals surface area (Å²) in [7, 11) is 1.93. The molecule has 0 bridgehead atoms. The second kappa shape index (κ2) is 8.55. The van der Waals surface area contributed by atoms with Gasteiger partial charge in [0, 0.05) is 17.1 Å². The van der Waals surface area contributed by atoms with Gasteiger partial charge in [0.05, 0.1) is 13.6 Å². The molecule has 0 aliphatic heterocycles. The van der Waals surface area contributed by atoms with E-state index in [-0.39, 0.29) is 18.4 Å². The number of benzene rings is 1. The Hall–Kier alpha value is -1.59. The van der Waals surface area contributed by atoms with E-state index in [4.69, 9.17) is 11.6 Å². The van der Waals surface area contributed by atoms with Crippen LogP contribution in [0.3, 0.4) is 0 Å². The topological polar surface area (TPSA) is 62.6 Å². The Morgan fingerprint density at radius 3 is 2.40 bits per heavy atom.